The van der Waals surface area contributed by atoms with Gasteiger partial charge in [-0.3, -0.25) is 0 Å². The zero-order chi connectivity index (χ0) is 14.5. The van der Waals surface area contributed by atoms with Gasteiger partial charge in [0.2, 0.25) is 0 Å². The zero-order valence-electron chi connectivity index (χ0n) is 11.1. The number of hydrogen-bond donors (Lipinski definition) is 1. The molecule has 0 bridgehead atoms. The molecule has 2 rings (SSSR count). The highest BCUT2D eigenvalue weighted by atomic mass is 32.2. The van der Waals surface area contributed by atoms with Gasteiger partial charge < -0.3 is 5.11 Å². The Morgan fingerprint density at radius 2 is 1.85 bits per heavy atom. The van der Waals surface area contributed by atoms with E-state index in [-0.39, 0.29) is 5.56 Å². The van der Waals surface area contributed by atoms with Crippen molar-refractivity contribution in [1.29, 1.82) is 0 Å². The van der Waals surface area contributed by atoms with Crippen molar-refractivity contribution in [3.05, 3.63) is 70.5 Å². The van der Waals surface area contributed by atoms with Crippen LogP contribution in [0.4, 0.5) is 4.39 Å². The van der Waals surface area contributed by atoms with Crippen LogP contribution in [0, 0.1) is 12.7 Å². The molecule has 0 aromatic heterocycles. The Balaban J connectivity index is 1.94. The van der Waals surface area contributed by atoms with Crippen LogP contribution in [-0.2, 0) is 11.5 Å². The molecule has 2 aromatic carbocycles. The van der Waals surface area contributed by atoms with E-state index in [0.717, 1.165) is 11.3 Å². The molecule has 0 radical (unpaired) electrons. The average molecular weight is 290 g/mol. The number of hydrogen-bond acceptors (Lipinski definition) is 2. The van der Waals surface area contributed by atoms with E-state index in [1.54, 1.807) is 17.8 Å². The summed E-state index contributed by atoms with van der Waals surface area (Å²) in [6.07, 6.45) is 0. The van der Waals surface area contributed by atoms with Crippen LogP contribution < -0.4 is 0 Å². The van der Waals surface area contributed by atoms with Crippen molar-refractivity contribution in [2.45, 2.75) is 18.4 Å². The van der Waals surface area contributed by atoms with Gasteiger partial charge in [0.1, 0.15) is 5.82 Å². The van der Waals surface area contributed by atoms with Crippen LogP contribution in [0.2, 0.25) is 0 Å². The third-order valence-corrected chi connectivity index (χ3v) is 3.96. The Morgan fingerprint density at radius 3 is 2.45 bits per heavy atom. The van der Waals surface area contributed by atoms with E-state index in [1.807, 2.05) is 19.1 Å². The van der Waals surface area contributed by atoms with Gasteiger partial charge in [-0.25, -0.2) is 9.18 Å². The van der Waals surface area contributed by atoms with E-state index in [2.05, 4.69) is 12.1 Å². The fraction of sp³-hybridized carbons (Fsp3) is 0.188. The minimum atomic E-state index is -1.23. The van der Waals surface area contributed by atoms with E-state index in [1.165, 1.54) is 23.3 Å². The first-order valence-electron chi connectivity index (χ1n) is 6.21. The van der Waals surface area contributed by atoms with Crippen molar-refractivity contribution < 1.29 is 14.3 Å². The number of aryl methyl sites for hydroxylation is 1. The predicted octanol–water partition coefficient (Wildman–Crippen LogP) is 4.27. The van der Waals surface area contributed by atoms with Crippen LogP contribution in [-0.4, -0.2) is 11.1 Å². The van der Waals surface area contributed by atoms with Crippen LogP contribution >= 0.6 is 11.8 Å². The van der Waals surface area contributed by atoms with Crippen LogP contribution in [0.1, 0.15) is 27.0 Å². The van der Waals surface area contributed by atoms with Gasteiger partial charge in [-0.1, -0.05) is 35.9 Å². The predicted molar refractivity (Wildman–Crippen MR) is 79.5 cm³/mol. The zero-order valence-corrected chi connectivity index (χ0v) is 11.9. The van der Waals surface area contributed by atoms with Gasteiger partial charge in [0.05, 0.1) is 5.56 Å². The lowest BCUT2D eigenvalue weighted by Gasteiger charge is -2.05. The molecule has 0 amide bonds. The topological polar surface area (TPSA) is 37.3 Å². The van der Waals surface area contributed by atoms with Crippen molar-refractivity contribution in [3.63, 3.8) is 0 Å². The van der Waals surface area contributed by atoms with E-state index in [4.69, 9.17) is 5.11 Å². The molecule has 0 atom stereocenters. The minimum absolute atomic E-state index is 0.280. The third-order valence-electron chi connectivity index (χ3n) is 2.88. The molecule has 0 aliphatic heterocycles. The van der Waals surface area contributed by atoms with Gasteiger partial charge in [-0.2, -0.15) is 11.8 Å². The molecule has 0 aliphatic carbocycles. The van der Waals surface area contributed by atoms with Crippen molar-refractivity contribution in [2.75, 3.05) is 0 Å². The normalized spacial score (nSPS) is 10.5. The summed E-state index contributed by atoms with van der Waals surface area (Å²) < 4.78 is 13.5. The van der Waals surface area contributed by atoms with Crippen LogP contribution in [0.25, 0.3) is 0 Å². The number of carbonyl (C=O) groups is 1. The number of carboxylic acid groups (broad SMARTS) is 1. The number of halogens is 1. The lowest BCUT2D eigenvalue weighted by atomic mass is 10.1. The van der Waals surface area contributed by atoms with E-state index in [9.17, 15) is 9.18 Å². The first-order valence-corrected chi connectivity index (χ1v) is 7.37. The molecule has 0 fully saturated rings. The molecule has 4 heteroatoms. The number of aromatic carboxylic acids is 1. The summed E-state index contributed by atoms with van der Waals surface area (Å²) in [5, 5.41) is 8.76. The number of thioether (sulfide) groups is 1. The lowest BCUT2D eigenvalue weighted by Crippen LogP contribution is -2.00. The van der Waals surface area contributed by atoms with Crippen LogP contribution in [0.5, 0.6) is 0 Å². The van der Waals surface area contributed by atoms with Crippen LogP contribution in [0.3, 0.4) is 0 Å². The quantitative estimate of drug-likeness (QED) is 0.893. The molecule has 0 aliphatic rings. The fourth-order valence-electron chi connectivity index (χ4n) is 1.91. The summed E-state index contributed by atoms with van der Waals surface area (Å²) in [6.45, 7) is 2.05. The summed E-state index contributed by atoms with van der Waals surface area (Å²) >= 11 is 1.68. The molecule has 0 unspecified atom stereocenters. The summed E-state index contributed by atoms with van der Waals surface area (Å²) in [7, 11) is 0. The van der Waals surface area contributed by atoms with Gasteiger partial charge in [0.25, 0.3) is 0 Å². The summed E-state index contributed by atoms with van der Waals surface area (Å²) in [5.74, 6) is -0.401. The Labute approximate surface area is 121 Å². The van der Waals surface area contributed by atoms with E-state index >= 15 is 0 Å². The molecule has 0 spiro atoms. The second-order valence-electron chi connectivity index (χ2n) is 4.60. The maximum absolute atomic E-state index is 13.5. The summed E-state index contributed by atoms with van der Waals surface area (Å²) in [5.41, 5.74) is 2.97. The second kappa shape index (κ2) is 6.57. The molecule has 0 saturated carbocycles. The largest absolute Gasteiger partial charge is 0.478 e. The second-order valence-corrected chi connectivity index (χ2v) is 5.59. The Morgan fingerprint density at radius 1 is 1.15 bits per heavy atom. The summed E-state index contributed by atoms with van der Waals surface area (Å²) in [4.78, 5) is 10.7. The molecule has 0 heterocycles. The first-order chi connectivity index (χ1) is 9.56. The molecular formula is C16H15FO2S. The summed E-state index contributed by atoms with van der Waals surface area (Å²) in [6, 6.07) is 12.5. The Hall–Kier alpha value is -1.81. The van der Waals surface area contributed by atoms with E-state index in [0.29, 0.717) is 5.75 Å². The van der Waals surface area contributed by atoms with Gasteiger partial charge in [-0.05, 0) is 30.2 Å². The monoisotopic (exact) mass is 290 g/mol. The van der Waals surface area contributed by atoms with Crippen molar-refractivity contribution in [2.24, 2.45) is 0 Å². The number of rotatable bonds is 5. The van der Waals surface area contributed by atoms with Crippen molar-refractivity contribution >= 4 is 17.7 Å². The number of benzene rings is 2. The highest BCUT2D eigenvalue weighted by molar-refractivity contribution is 7.97. The van der Waals surface area contributed by atoms with Gasteiger partial charge in [-0.15, -0.1) is 0 Å². The molecule has 104 valence electrons. The molecule has 2 nitrogen and oxygen atoms in total. The lowest BCUT2D eigenvalue weighted by molar-refractivity contribution is 0.0692. The molecule has 1 N–H and O–H groups in total. The minimum Gasteiger partial charge on any atom is -0.478 e. The van der Waals surface area contributed by atoms with Crippen LogP contribution in [0.15, 0.2) is 42.5 Å². The van der Waals surface area contributed by atoms with Gasteiger partial charge >= 0.3 is 5.97 Å². The number of carboxylic acids is 1. The highest BCUT2D eigenvalue weighted by Crippen LogP contribution is 2.20. The molecular weight excluding hydrogens is 275 g/mol. The maximum Gasteiger partial charge on any atom is 0.338 e. The maximum atomic E-state index is 13.5. The average Bonchev–Trinajstić information content (AvgIpc) is 2.38. The SMILES string of the molecule is Cc1cccc(CSCc2ccc(C(=O)O)c(F)c2)c1. The highest BCUT2D eigenvalue weighted by Gasteiger charge is 2.10. The molecule has 0 saturated heterocycles. The van der Waals surface area contributed by atoms with Crippen molar-refractivity contribution in [1.82, 2.24) is 0 Å². The smallest absolute Gasteiger partial charge is 0.338 e. The third kappa shape index (κ3) is 3.84. The first kappa shape index (κ1) is 14.6. The Kier molecular flexibility index (Phi) is 4.79. The molecule has 20 heavy (non-hydrogen) atoms. The Bertz CT molecular complexity index is 626. The molecule has 2 aromatic rings. The van der Waals surface area contributed by atoms with E-state index < -0.39 is 11.8 Å². The standard InChI is InChI=1S/C16H15FO2S/c1-11-3-2-4-12(7-11)9-20-10-13-5-6-14(16(18)19)15(17)8-13/h2-8H,9-10H2,1H3,(H,18,19). The fourth-order valence-corrected chi connectivity index (χ4v) is 2.84. The van der Waals surface area contributed by atoms with Crippen molar-refractivity contribution in [3.8, 4) is 0 Å². The van der Waals surface area contributed by atoms with Gasteiger partial charge in [0, 0.05) is 11.5 Å². The van der Waals surface area contributed by atoms with Gasteiger partial charge in [0.15, 0.2) is 0 Å².